The van der Waals surface area contributed by atoms with Crippen molar-refractivity contribution in [2.75, 3.05) is 32.7 Å². The normalized spacial score (nSPS) is 17.2. The van der Waals surface area contributed by atoms with Gasteiger partial charge in [-0.1, -0.05) is 119 Å². The predicted octanol–water partition coefficient (Wildman–Crippen LogP) is 8.76. The number of carbonyl (C=O) groups is 1. The zero-order valence-corrected chi connectivity index (χ0v) is 36.7. The number of halogens is 1. The van der Waals surface area contributed by atoms with E-state index in [1.807, 2.05) is 71.8 Å². The van der Waals surface area contributed by atoms with Crippen LogP contribution in [-0.4, -0.2) is 67.1 Å². The SMILES string of the molecule is COc1ccc(CNc2nccn3c([C@@]4(C)CC[C@H](CO[Si](c5ccccc5)(c5ccccc5)C(C)(C)C)N(C(=O)OCc5ccccc5)C4)nc(Br)c23)c(OC)c1. The van der Waals surface area contributed by atoms with E-state index in [0.717, 1.165) is 40.4 Å². The number of aromatic nitrogens is 3. The van der Waals surface area contributed by atoms with E-state index < -0.39 is 13.7 Å². The van der Waals surface area contributed by atoms with Crippen LogP contribution in [0.1, 0.15) is 57.5 Å². The number of nitrogens with one attached hydrogen (secondary N) is 1. The predicted molar refractivity (Wildman–Crippen MR) is 235 cm³/mol. The summed E-state index contributed by atoms with van der Waals surface area (Å²) in [6.45, 7) is 10.4. The molecule has 2 aromatic heterocycles. The van der Waals surface area contributed by atoms with Crippen LogP contribution in [0.25, 0.3) is 5.52 Å². The number of rotatable bonds is 13. The van der Waals surface area contributed by atoms with E-state index in [4.69, 9.17) is 28.6 Å². The zero-order chi connectivity index (χ0) is 40.9. The molecule has 1 fully saturated rings. The molecule has 4 aromatic carbocycles. The van der Waals surface area contributed by atoms with Crippen LogP contribution in [0.5, 0.6) is 11.5 Å². The summed E-state index contributed by atoms with van der Waals surface area (Å²) in [5, 5.41) is 5.69. The van der Waals surface area contributed by atoms with Crippen molar-refractivity contribution in [3.05, 3.63) is 143 Å². The molecule has 0 radical (unpaired) electrons. The molecule has 302 valence electrons. The van der Waals surface area contributed by atoms with Gasteiger partial charge in [0.05, 0.1) is 26.9 Å². The fourth-order valence-corrected chi connectivity index (χ4v) is 13.5. The number of piperidine rings is 1. The van der Waals surface area contributed by atoms with Crippen molar-refractivity contribution < 1.29 is 23.4 Å². The number of carbonyl (C=O) groups excluding carboxylic acids is 1. The molecule has 58 heavy (non-hydrogen) atoms. The smallest absolute Gasteiger partial charge is 0.410 e. The van der Waals surface area contributed by atoms with Gasteiger partial charge in [0, 0.05) is 42.5 Å². The quantitative estimate of drug-likeness (QED) is 0.115. The minimum absolute atomic E-state index is 0.173. The fraction of sp³-hybridized carbons (Fsp3) is 0.326. The highest BCUT2D eigenvalue weighted by Crippen LogP contribution is 2.41. The molecule has 1 saturated heterocycles. The van der Waals surface area contributed by atoms with Crippen LogP contribution in [-0.2, 0) is 27.7 Å². The van der Waals surface area contributed by atoms with E-state index in [9.17, 15) is 4.79 Å². The summed E-state index contributed by atoms with van der Waals surface area (Å²) in [6.07, 6.45) is 4.79. The van der Waals surface area contributed by atoms with Crippen molar-refractivity contribution >= 4 is 52.0 Å². The first-order valence-corrected chi connectivity index (χ1v) is 22.4. The van der Waals surface area contributed by atoms with Crippen molar-refractivity contribution in [2.45, 2.75) is 70.2 Å². The van der Waals surface area contributed by atoms with Gasteiger partial charge >= 0.3 is 6.09 Å². The molecule has 7 rings (SSSR count). The lowest BCUT2D eigenvalue weighted by Gasteiger charge is -2.47. The number of hydrogen-bond donors (Lipinski definition) is 1. The highest BCUT2D eigenvalue weighted by atomic mass is 79.9. The molecule has 12 heteroatoms. The number of benzene rings is 4. The summed E-state index contributed by atoms with van der Waals surface area (Å²) in [6, 6.07) is 36.6. The lowest BCUT2D eigenvalue weighted by molar-refractivity contribution is 0.0311. The van der Waals surface area contributed by atoms with Gasteiger partial charge < -0.3 is 28.9 Å². The lowest BCUT2D eigenvalue weighted by atomic mass is 9.78. The van der Waals surface area contributed by atoms with E-state index in [1.165, 1.54) is 10.4 Å². The van der Waals surface area contributed by atoms with Gasteiger partial charge in [0.15, 0.2) is 5.82 Å². The molecule has 1 amide bonds. The number of ether oxygens (including phenoxy) is 3. The van der Waals surface area contributed by atoms with Crippen molar-refractivity contribution in [1.82, 2.24) is 19.3 Å². The summed E-state index contributed by atoms with van der Waals surface area (Å²) < 4.78 is 27.3. The first kappa shape index (κ1) is 41.0. The second-order valence-electron chi connectivity index (χ2n) is 16.1. The number of fused-ring (bicyclic) bond motifs is 1. The Morgan fingerprint density at radius 1 is 0.931 bits per heavy atom. The van der Waals surface area contributed by atoms with Gasteiger partial charge in [-0.3, -0.25) is 4.40 Å². The van der Waals surface area contributed by atoms with Gasteiger partial charge in [-0.2, -0.15) is 0 Å². The van der Waals surface area contributed by atoms with Gasteiger partial charge in [0.25, 0.3) is 8.32 Å². The molecule has 6 aromatic rings. The van der Waals surface area contributed by atoms with Gasteiger partial charge in [-0.05, 0) is 61.9 Å². The largest absolute Gasteiger partial charge is 0.497 e. The van der Waals surface area contributed by atoms with Crippen molar-refractivity contribution in [1.29, 1.82) is 0 Å². The number of amides is 1. The Bertz CT molecular complexity index is 2280. The van der Waals surface area contributed by atoms with Crippen molar-refractivity contribution in [2.24, 2.45) is 0 Å². The van der Waals surface area contributed by atoms with E-state index in [1.54, 1.807) is 20.4 Å². The molecule has 0 unspecified atom stereocenters. The van der Waals surface area contributed by atoms with Gasteiger partial charge in [-0.25, -0.2) is 14.8 Å². The third kappa shape index (κ3) is 8.23. The van der Waals surface area contributed by atoms with Crippen LogP contribution >= 0.6 is 15.9 Å². The molecule has 1 N–H and O–H groups in total. The molecule has 0 saturated carbocycles. The van der Waals surface area contributed by atoms with E-state index in [0.29, 0.717) is 36.5 Å². The third-order valence-corrected chi connectivity index (χ3v) is 16.9. The molecule has 0 aliphatic carbocycles. The average molecular weight is 863 g/mol. The Kier molecular flexibility index (Phi) is 12.3. The fourth-order valence-electron chi connectivity index (χ4n) is 8.31. The van der Waals surface area contributed by atoms with Gasteiger partial charge in [-0.15, -0.1) is 0 Å². The van der Waals surface area contributed by atoms with E-state index >= 15 is 0 Å². The molecule has 1 aliphatic heterocycles. The van der Waals surface area contributed by atoms with E-state index in [2.05, 4.69) is 102 Å². The first-order chi connectivity index (χ1) is 28.0. The second kappa shape index (κ2) is 17.4. The minimum atomic E-state index is -2.88. The molecule has 10 nitrogen and oxygen atoms in total. The standard InChI is InChI=1S/C46H52BrN5O5Si/c1-45(2,3)58(37-18-12-8-13-19-37,38-20-14-9-15-21-38)57-31-35-24-25-46(4,32-52(35)44(53)56-30-33-16-10-7-11-17-33)43-50-41(47)40-42(48-26-27-51(40)43)49-29-34-22-23-36(54-5)28-39(34)55-6/h7-23,26-28,35H,24-25,29-32H2,1-6H3,(H,48,49)/t35-,46+/m1/s1. The molecule has 2 atom stereocenters. The molecular weight excluding hydrogens is 811 g/mol. The zero-order valence-electron chi connectivity index (χ0n) is 34.1. The van der Waals surface area contributed by atoms with Gasteiger partial charge in [0.1, 0.15) is 34.1 Å². The van der Waals surface area contributed by atoms with Crippen molar-refractivity contribution in [3.8, 4) is 11.5 Å². The summed E-state index contributed by atoms with van der Waals surface area (Å²) in [7, 11) is 0.403. The summed E-state index contributed by atoms with van der Waals surface area (Å²) >= 11 is 3.78. The number of nitrogens with zero attached hydrogens (tertiary/aromatic N) is 4. The number of imidazole rings is 1. The second-order valence-corrected chi connectivity index (χ2v) is 21.2. The topological polar surface area (TPSA) is 99.5 Å². The highest BCUT2D eigenvalue weighted by molar-refractivity contribution is 9.10. The van der Waals surface area contributed by atoms with E-state index in [-0.39, 0.29) is 23.8 Å². The Labute approximate surface area is 350 Å². The number of likely N-dealkylation sites (tertiary alicyclic amines) is 1. The van der Waals surface area contributed by atoms with Crippen LogP contribution in [0.4, 0.5) is 10.6 Å². The Morgan fingerprint density at radius 3 is 2.21 bits per heavy atom. The summed E-state index contributed by atoms with van der Waals surface area (Å²) in [4.78, 5) is 26.1. The van der Waals surface area contributed by atoms with Crippen LogP contribution in [0.3, 0.4) is 0 Å². The summed E-state index contributed by atoms with van der Waals surface area (Å²) in [5.74, 6) is 2.93. The maximum atomic E-state index is 14.4. The number of methoxy groups -OCH3 is 2. The Balaban J connectivity index is 1.20. The molecular formula is C46H52BrN5O5Si. The number of anilines is 1. The van der Waals surface area contributed by atoms with Crippen LogP contribution in [0.15, 0.2) is 126 Å². The van der Waals surface area contributed by atoms with Crippen LogP contribution in [0.2, 0.25) is 5.04 Å². The third-order valence-electron chi connectivity index (χ3n) is 11.3. The number of hydrogen-bond acceptors (Lipinski definition) is 8. The Morgan fingerprint density at radius 2 is 1.59 bits per heavy atom. The Hall–Kier alpha value is -5.17. The first-order valence-electron chi connectivity index (χ1n) is 19.7. The summed E-state index contributed by atoms with van der Waals surface area (Å²) in [5.41, 5.74) is 2.16. The average Bonchev–Trinajstić information content (AvgIpc) is 3.60. The lowest BCUT2D eigenvalue weighted by Crippen LogP contribution is -2.68. The van der Waals surface area contributed by atoms with Crippen LogP contribution in [0, 0.1) is 0 Å². The molecule has 1 aliphatic rings. The van der Waals surface area contributed by atoms with Crippen LogP contribution < -0.4 is 25.2 Å². The highest BCUT2D eigenvalue weighted by Gasteiger charge is 2.51. The minimum Gasteiger partial charge on any atom is -0.497 e. The maximum Gasteiger partial charge on any atom is 0.410 e. The maximum absolute atomic E-state index is 14.4. The molecule has 0 bridgehead atoms. The monoisotopic (exact) mass is 861 g/mol. The molecule has 3 heterocycles. The van der Waals surface area contributed by atoms with Crippen molar-refractivity contribution in [3.63, 3.8) is 0 Å². The molecule has 0 spiro atoms. The van der Waals surface area contributed by atoms with Gasteiger partial charge in [0.2, 0.25) is 0 Å².